The van der Waals surface area contributed by atoms with Crippen LogP contribution >= 0.6 is 0 Å². The number of esters is 1. The number of phenolic OH excluding ortho intramolecular Hbond substituents is 1. The first-order valence-electron chi connectivity index (χ1n) is 7.66. The van der Waals surface area contributed by atoms with E-state index in [9.17, 15) is 9.90 Å². The van der Waals surface area contributed by atoms with E-state index < -0.39 is 0 Å². The van der Waals surface area contributed by atoms with E-state index in [4.69, 9.17) is 18.6 Å². The van der Waals surface area contributed by atoms with Crippen LogP contribution in [0.1, 0.15) is 11.1 Å². The molecule has 1 heterocycles. The molecule has 6 nitrogen and oxygen atoms in total. The Morgan fingerprint density at radius 3 is 2.68 bits per heavy atom. The largest absolute Gasteiger partial charge is 0.508 e. The van der Waals surface area contributed by atoms with Gasteiger partial charge in [0, 0.05) is 22.6 Å². The molecule has 0 amide bonds. The van der Waals surface area contributed by atoms with Crippen LogP contribution in [0.5, 0.6) is 17.2 Å². The first kappa shape index (κ1) is 16.7. The molecule has 1 aromatic heterocycles. The van der Waals surface area contributed by atoms with Crippen LogP contribution in [0.4, 0.5) is 0 Å². The molecule has 0 bridgehead atoms. The lowest BCUT2D eigenvalue weighted by Gasteiger charge is -2.11. The Labute approximate surface area is 144 Å². The fourth-order valence-electron chi connectivity index (χ4n) is 2.57. The minimum atomic E-state index is -0.388. The van der Waals surface area contributed by atoms with E-state index in [1.54, 1.807) is 44.6 Å². The smallest absolute Gasteiger partial charge is 0.310 e. The van der Waals surface area contributed by atoms with Crippen molar-refractivity contribution in [1.29, 1.82) is 0 Å². The minimum Gasteiger partial charge on any atom is -0.508 e. The van der Waals surface area contributed by atoms with Gasteiger partial charge in [0.2, 0.25) is 0 Å². The zero-order valence-electron chi connectivity index (χ0n) is 13.9. The first-order valence-corrected chi connectivity index (χ1v) is 7.66. The van der Waals surface area contributed by atoms with Crippen LogP contribution in [0.25, 0.3) is 11.0 Å². The van der Waals surface area contributed by atoms with E-state index in [0.29, 0.717) is 22.6 Å². The lowest BCUT2D eigenvalue weighted by molar-refractivity contribution is -0.144. The molecule has 0 aliphatic rings. The molecule has 2 aromatic carbocycles. The highest BCUT2D eigenvalue weighted by atomic mass is 16.5. The van der Waals surface area contributed by atoms with Crippen LogP contribution in [0.15, 0.2) is 47.1 Å². The van der Waals surface area contributed by atoms with E-state index in [2.05, 4.69) is 0 Å². The van der Waals surface area contributed by atoms with Crippen molar-refractivity contribution in [1.82, 2.24) is 0 Å². The summed E-state index contributed by atoms with van der Waals surface area (Å²) in [4.78, 5) is 12.2. The number of fused-ring (bicyclic) bond motifs is 1. The van der Waals surface area contributed by atoms with E-state index >= 15 is 0 Å². The van der Waals surface area contributed by atoms with Gasteiger partial charge in [0.1, 0.15) is 29.4 Å². The summed E-state index contributed by atoms with van der Waals surface area (Å²) in [5.74, 6) is 1.01. The Balaban J connectivity index is 1.68. The van der Waals surface area contributed by atoms with Gasteiger partial charge in [-0.1, -0.05) is 0 Å². The van der Waals surface area contributed by atoms with Crippen molar-refractivity contribution in [2.75, 3.05) is 14.2 Å². The summed E-state index contributed by atoms with van der Waals surface area (Å²) < 4.78 is 21.1. The summed E-state index contributed by atoms with van der Waals surface area (Å²) in [6, 6.07) is 10.1. The first-order chi connectivity index (χ1) is 12.1. The number of furan rings is 1. The normalized spacial score (nSPS) is 10.6. The number of hydrogen-bond acceptors (Lipinski definition) is 6. The van der Waals surface area contributed by atoms with Crippen molar-refractivity contribution < 1.29 is 28.5 Å². The second kappa shape index (κ2) is 7.17. The number of benzene rings is 2. The van der Waals surface area contributed by atoms with Gasteiger partial charge >= 0.3 is 5.97 Å². The minimum absolute atomic E-state index is 0.0735. The lowest BCUT2D eigenvalue weighted by Crippen LogP contribution is -2.08. The van der Waals surface area contributed by atoms with Crippen molar-refractivity contribution >= 4 is 16.9 Å². The van der Waals surface area contributed by atoms with Gasteiger partial charge in [-0.25, -0.2) is 0 Å². The predicted molar refractivity (Wildman–Crippen MR) is 90.9 cm³/mol. The molecule has 0 aliphatic carbocycles. The Bertz CT molecular complexity index is 896. The van der Waals surface area contributed by atoms with Gasteiger partial charge in [0.25, 0.3) is 0 Å². The number of hydrogen-bond donors (Lipinski definition) is 1. The SMILES string of the molecule is COc1ccc(OC)c(COC(=O)Cc2coc3cc(O)ccc23)c1. The summed E-state index contributed by atoms with van der Waals surface area (Å²) in [6.45, 7) is 0.0791. The monoisotopic (exact) mass is 342 g/mol. The molecule has 1 N–H and O–H groups in total. The number of methoxy groups -OCH3 is 2. The number of ether oxygens (including phenoxy) is 3. The Kier molecular flexibility index (Phi) is 4.79. The highest BCUT2D eigenvalue weighted by Crippen LogP contribution is 2.27. The zero-order valence-corrected chi connectivity index (χ0v) is 13.9. The number of carbonyl (C=O) groups is 1. The van der Waals surface area contributed by atoms with E-state index in [1.165, 1.54) is 12.3 Å². The standard InChI is InChI=1S/C19H18O6/c1-22-15-4-6-17(23-2)13(7-15)11-25-19(21)8-12-10-24-18-9-14(20)3-5-16(12)18/h3-7,9-10,20H,8,11H2,1-2H3. The maximum Gasteiger partial charge on any atom is 0.310 e. The van der Waals surface area contributed by atoms with E-state index in [0.717, 1.165) is 10.9 Å². The molecule has 0 fully saturated rings. The molecule has 3 aromatic rings. The van der Waals surface area contributed by atoms with Crippen molar-refractivity contribution in [3.8, 4) is 17.2 Å². The fourth-order valence-corrected chi connectivity index (χ4v) is 2.57. The van der Waals surface area contributed by atoms with Crippen molar-refractivity contribution in [2.45, 2.75) is 13.0 Å². The second-order valence-electron chi connectivity index (χ2n) is 5.46. The third kappa shape index (κ3) is 3.68. The average Bonchev–Trinajstić information content (AvgIpc) is 3.01. The zero-order chi connectivity index (χ0) is 17.8. The molecular weight excluding hydrogens is 324 g/mol. The van der Waals surface area contributed by atoms with Gasteiger partial charge in [0.15, 0.2) is 0 Å². The van der Waals surface area contributed by atoms with E-state index in [1.807, 2.05) is 0 Å². The molecule has 0 unspecified atom stereocenters. The molecule has 0 spiro atoms. The Morgan fingerprint density at radius 1 is 1.08 bits per heavy atom. The molecule has 0 saturated heterocycles. The van der Waals surface area contributed by atoms with Gasteiger partial charge in [0.05, 0.1) is 26.9 Å². The third-order valence-corrected chi connectivity index (χ3v) is 3.85. The molecule has 0 radical (unpaired) electrons. The maximum atomic E-state index is 12.2. The molecule has 130 valence electrons. The van der Waals surface area contributed by atoms with Crippen LogP contribution in [0, 0.1) is 0 Å². The predicted octanol–water partition coefficient (Wildman–Crippen LogP) is 3.44. The van der Waals surface area contributed by atoms with Gasteiger partial charge in [-0.05, 0) is 30.3 Å². The van der Waals surface area contributed by atoms with Crippen LogP contribution in [0.2, 0.25) is 0 Å². The molecular formula is C19H18O6. The second-order valence-corrected chi connectivity index (χ2v) is 5.46. The van der Waals surface area contributed by atoms with Crippen molar-refractivity contribution in [3.63, 3.8) is 0 Å². The summed E-state index contributed by atoms with van der Waals surface area (Å²) >= 11 is 0. The number of aromatic hydroxyl groups is 1. The molecule has 0 aliphatic heterocycles. The third-order valence-electron chi connectivity index (χ3n) is 3.85. The average molecular weight is 342 g/mol. The fraction of sp³-hybridized carbons (Fsp3) is 0.211. The van der Waals surface area contributed by atoms with Gasteiger partial charge in [-0.3, -0.25) is 4.79 Å². The summed E-state index contributed by atoms with van der Waals surface area (Å²) in [7, 11) is 3.12. The highest BCUT2D eigenvalue weighted by molar-refractivity contribution is 5.86. The van der Waals surface area contributed by atoms with Gasteiger partial charge in [-0.15, -0.1) is 0 Å². The maximum absolute atomic E-state index is 12.2. The lowest BCUT2D eigenvalue weighted by atomic mass is 10.1. The summed E-state index contributed by atoms with van der Waals surface area (Å²) in [5.41, 5.74) is 1.95. The molecule has 0 atom stereocenters. The summed E-state index contributed by atoms with van der Waals surface area (Å²) in [6.07, 6.45) is 1.57. The van der Waals surface area contributed by atoms with Crippen LogP contribution in [0.3, 0.4) is 0 Å². The summed E-state index contributed by atoms with van der Waals surface area (Å²) in [5, 5.41) is 10.2. The quantitative estimate of drug-likeness (QED) is 0.692. The topological polar surface area (TPSA) is 78.1 Å². The Morgan fingerprint density at radius 2 is 1.92 bits per heavy atom. The number of phenols is 1. The molecule has 3 rings (SSSR count). The molecule has 25 heavy (non-hydrogen) atoms. The van der Waals surface area contributed by atoms with Crippen LogP contribution < -0.4 is 9.47 Å². The Hall–Kier alpha value is -3.15. The molecule has 6 heteroatoms. The highest BCUT2D eigenvalue weighted by Gasteiger charge is 2.13. The van der Waals surface area contributed by atoms with Crippen molar-refractivity contribution in [2.24, 2.45) is 0 Å². The molecule has 0 saturated carbocycles. The van der Waals surface area contributed by atoms with Crippen molar-refractivity contribution in [3.05, 3.63) is 53.8 Å². The van der Waals surface area contributed by atoms with Crippen LogP contribution in [-0.4, -0.2) is 25.3 Å². The number of carbonyl (C=O) groups excluding carboxylic acids is 1. The van der Waals surface area contributed by atoms with Gasteiger partial charge < -0.3 is 23.7 Å². The van der Waals surface area contributed by atoms with Crippen LogP contribution in [-0.2, 0) is 22.6 Å². The van der Waals surface area contributed by atoms with E-state index in [-0.39, 0.29) is 24.7 Å². The van der Waals surface area contributed by atoms with Gasteiger partial charge in [-0.2, -0.15) is 0 Å². The number of rotatable bonds is 6.